The Kier molecular flexibility index (Phi) is 3.46. The highest BCUT2D eigenvalue weighted by Crippen LogP contribution is 2.34. The quantitative estimate of drug-likeness (QED) is 0.930. The van der Waals surface area contributed by atoms with Crippen LogP contribution in [0.5, 0.6) is 0 Å². The molecule has 19 heavy (non-hydrogen) atoms. The second kappa shape index (κ2) is 5.10. The number of rotatable bonds is 4. The molecule has 0 radical (unpaired) electrons. The van der Waals surface area contributed by atoms with Gasteiger partial charge in [-0.2, -0.15) is 5.10 Å². The molecule has 1 atom stereocenters. The Morgan fingerprint density at radius 1 is 1.42 bits per heavy atom. The topological polar surface area (TPSA) is 29.9 Å². The number of aromatic nitrogens is 2. The van der Waals surface area contributed by atoms with E-state index in [0.717, 1.165) is 12.1 Å². The number of fused-ring (bicyclic) bond motifs is 1. The number of thiophene rings is 1. The van der Waals surface area contributed by atoms with Crippen molar-refractivity contribution in [3.8, 4) is 0 Å². The van der Waals surface area contributed by atoms with Crippen molar-refractivity contribution < 1.29 is 0 Å². The molecule has 0 saturated heterocycles. The van der Waals surface area contributed by atoms with Crippen LogP contribution >= 0.6 is 11.3 Å². The van der Waals surface area contributed by atoms with Gasteiger partial charge in [-0.15, -0.1) is 11.3 Å². The summed E-state index contributed by atoms with van der Waals surface area (Å²) in [6, 6.07) is 5.01. The Balaban J connectivity index is 1.82. The van der Waals surface area contributed by atoms with Crippen LogP contribution < -0.4 is 5.32 Å². The third kappa shape index (κ3) is 2.47. The Hall–Kier alpha value is -1.13. The molecule has 0 saturated carbocycles. The van der Waals surface area contributed by atoms with Gasteiger partial charge < -0.3 is 5.32 Å². The number of aryl methyl sites for hydroxylation is 4. The first-order chi connectivity index (χ1) is 9.17. The largest absolute Gasteiger partial charge is 0.312 e. The lowest BCUT2D eigenvalue weighted by Crippen LogP contribution is -2.19. The number of likely N-dealkylation sites (N-methyl/N-ethyl adjacent to an activating group) is 1. The molecular formula is C15H21N3S. The van der Waals surface area contributed by atoms with Gasteiger partial charge in [0.2, 0.25) is 0 Å². The maximum atomic E-state index is 4.43. The first-order valence-electron chi connectivity index (χ1n) is 6.95. The van der Waals surface area contributed by atoms with E-state index in [0.29, 0.717) is 6.04 Å². The minimum absolute atomic E-state index is 0.408. The lowest BCUT2D eigenvalue weighted by atomic mass is 10.1. The molecular weight excluding hydrogens is 254 g/mol. The second-order valence-corrected chi connectivity index (χ2v) is 6.57. The maximum Gasteiger partial charge on any atom is 0.0596 e. The van der Waals surface area contributed by atoms with Crippen molar-refractivity contribution in [2.45, 2.75) is 38.6 Å². The lowest BCUT2D eigenvalue weighted by molar-refractivity contribution is 0.569. The Morgan fingerprint density at radius 3 is 2.89 bits per heavy atom. The van der Waals surface area contributed by atoms with Gasteiger partial charge >= 0.3 is 0 Å². The minimum Gasteiger partial charge on any atom is -0.312 e. The summed E-state index contributed by atoms with van der Waals surface area (Å²) in [5.74, 6) is 0. The molecule has 4 heteroatoms. The van der Waals surface area contributed by atoms with Gasteiger partial charge in [0.25, 0.3) is 0 Å². The van der Waals surface area contributed by atoms with Crippen molar-refractivity contribution in [2.75, 3.05) is 7.05 Å². The molecule has 2 heterocycles. The molecule has 2 aromatic heterocycles. The molecule has 0 spiro atoms. The van der Waals surface area contributed by atoms with Gasteiger partial charge in [0.15, 0.2) is 0 Å². The van der Waals surface area contributed by atoms with Crippen LogP contribution in [0.1, 0.15) is 39.2 Å². The predicted molar refractivity (Wildman–Crippen MR) is 79.8 cm³/mol. The Morgan fingerprint density at radius 2 is 2.26 bits per heavy atom. The van der Waals surface area contributed by atoms with Crippen LogP contribution in [-0.2, 0) is 26.3 Å². The third-order valence-corrected chi connectivity index (χ3v) is 5.32. The first-order valence-corrected chi connectivity index (χ1v) is 7.77. The summed E-state index contributed by atoms with van der Waals surface area (Å²) in [5.41, 5.74) is 3.98. The van der Waals surface area contributed by atoms with Crippen molar-refractivity contribution in [3.05, 3.63) is 38.8 Å². The normalized spacial score (nSPS) is 15.7. The van der Waals surface area contributed by atoms with Crippen LogP contribution in [0.2, 0.25) is 0 Å². The van der Waals surface area contributed by atoms with E-state index in [2.05, 4.69) is 36.5 Å². The fourth-order valence-corrected chi connectivity index (χ4v) is 4.30. The number of hydrogen-bond donors (Lipinski definition) is 1. The highest BCUT2D eigenvalue weighted by atomic mass is 32.1. The van der Waals surface area contributed by atoms with Crippen molar-refractivity contribution in [1.29, 1.82) is 0 Å². The lowest BCUT2D eigenvalue weighted by Gasteiger charge is -2.14. The number of hydrogen-bond acceptors (Lipinski definition) is 3. The van der Waals surface area contributed by atoms with Crippen molar-refractivity contribution in [2.24, 2.45) is 7.05 Å². The van der Waals surface area contributed by atoms with Crippen LogP contribution in [0.15, 0.2) is 12.1 Å². The molecule has 0 aliphatic heterocycles. The first kappa shape index (κ1) is 12.9. The molecule has 3 rings (SSSR count). The van der Waals surface area contributed by atoms with Crippen LogP contribution in [0.3, 0.4) is 0 Å². The zero-order valence-electron chi connectivity index (χ0n) is 11.9. The van der Waals surface area contributed by atoms with E-state index in [1.807, 2.05) is 23.1 Å². The Labute approximate surface area is 118 Å². The average Bonchev–Trinajstić information content (AvgIpc) is 3.00. The van der Waals surface area contributed by atoms with E-state index >= 15 is 0 Å². The third-order valence-electron chi connectivity index (χ3n) is 3.97. The van der Waals surface area contributed by atoms with Gasteiger partial charge in [-0.25, -0.2) is 0 Å². The maximum absolute atomic E-state index is 4.43. The summed E-state index contributed by atoms with van der Waals surface area (Å²) in [7, 11) is 4.09. The van der Waals surface area contributed by atoms with E-state index in [9.17, 15) is 0 Å². The molecule has 1 aliphatic rings. The van der Waals surface area contributed by atoms with E-state index in [-0.39, 0.29) is 0 Å². The average molecular weight is 275 g/mol. The van der Waals surface area contributed by atoms with Gasteiger partial charge in [0.05, 0.1) is 5.69 Å². The predicted octanol–water partition coefficient (Wildman–Crippen LogP) is 2.78. The van der Waals surface area contributed by atoms with Crippen molar-refractivity contribution >= 4 is 11.3 Å². The molecule has 0 aromatic carbocycles. The molecule has 1 aliphatic carbocycles. The minimum atomic E-state index is 0.408. The number of nitrogens with one attached hydrogen (secondary N) is 1. The smallest absolute Gasteiger partial charge is 0.0596 e. The molecule has 1 unspecified atom stereocenters. The highest BCUT2D eigenvalue weighted by molar-refractivity contribution is 7.12. The van der Waals surface area contributed by atoms with E-state index < -0.39 is 0 Å². The SMILES string of the molecule is CNC(Cc1cc(C)nn1C)c1cc2c(s1)CCC2. The fraction of sp³-hybridized carbons (Fsp3) is 0.533. The van der Waals surface area contributed by atoms with E-state index in [1.54, 1.807) is 10.4 Å². The van der Waals surface area contributed by atoms with Crippen LogP contribution in [0.25, 0.3) is 0 Å². The van der Waals surface area contributed by atoms with Gasteiger partial charge in [-0.3, -0.25) is 4.68 Å². The summed E-state index contributed by atoms with van der Waals surface area (Å²) in [6.45, 7) is 2.05. The molecule has 0 amide bonds. The van der Waals surface area contributed by atoms with E-state index in [4.69, 9.17) is 0 Å². The summed E-state index contributed by atoms with van der Waals surface area (Å²) in [4.78, 5) is 3.09. The number of nitrogens with zero attached hydrogens (tertiary/aromatic N) is 2. The van der Waals surface area contributed by atoms with E-state index in [1.165, 1.54) is 29.8 Å². The summed E-state index contributed by atoms with van der Waals surface area (Å²) < 4.78 is 2.00. The van der Waals surface area contributed by atoms with Crippen LogP contribution in [0, 0.1) is 6.92 Å². The zero-order chi connectivity index (χ0) is 13.4. The molecule has 3 nitrogen and oxygen atoms in total. The van der Waals surface area contributed by atoms with Gasteiger partial charge in [0.1, 0.15) is 0 Å². The Bertz CT molecular complexity index is 561. The molecule has 0 bridgehead atoms. The highest BCUT2D eigenvalue weighted by Gasteiger charge is 2.20. The summed E-state index contributed by atoms with van der Waals surface area (Å²) >= 11 is 1.99. The molecule has 1 N–H and O–H groups in total. The molecule has 102 valence electrons. The van der Waals surface area contributed by atoms with Crippen molar-refractivity contribution in [1.82, 2.24) is 15.1 Å². The monoisotopic (exact) mass is 275 g/mol. The van der Waals surface area contributed by atoms with Crippen LogP contribution in [0.4, 0.5) is 0 Å². The second-order valence-electron chi connectivity index (χ2n) is 5.40. The van der Waals surface area contributed by atoms with Crippen LogP contribution in [-0.4, -0.2) is 16.8 Å². The zero-order valence-corrected chi connectivity index (χ0v) is 12.7. The van der Waals surface area contributed by atoms with Gasteiger partial charge in [-0.05, 0) is 50.9 Å². The summed E-state index contributed by atoms with van der Waals surface area (Å²) in [6.07, 6.45) is 4.90. The van der Waals surface area contributed by atoms with Crippen molar-refractivity contribution in [3.63, 3.8) is 0 Å². The summed E-state index contributed by atoms with van der Waals surface area (Å²) in [5, 5.41) is 7.90. The fourth-order valence-electron chi connectivity index (χ4n) is 2.93. The molecule has 0 fully saturated rings. The standard InChI is InChI=1S/C15H21N3S/c1-10-7-12(18(3)17-10)9-13(16-2)15-8-11-5-4-6-14(11)19-15/h7-8,13,16H,4-6,9H2,1-3H3. The molecule has 2 aromatic rings. The van der Waals surface area contributed by atoms with Gasteiger partial charge in [0, 0.05) is 35.0 Å². The van der Waals surface area contributed by atoms with Gasteiger partial charge in [-0.1, -0.05) is 0 Å².